The molecule has 1 aromatic heterocycles. The van der Waals surface area contributed by atoms with Gasteiger partial charge < -0.3 is 10.2 Å². The summed E-state index contributed by atoms with van der Waals surface area (Å²) in [6, 6.07) is 19.9. The summed E-state index contributed by atoms with van der Waals surface area (Å²) < 4.78 is 0. The summed E-state index contributed by atoms with van der Waals surface area (Å²) in [5.41, 5.74) is 3.63. The maximum absolute atomic E-state index is 4.76. The average molecular weight is 345 g/mol. The van der Waals surface area contributed by atoms with E-state index in [0.29, 0.717) is 6.04 Å². The van der Waals surface area contributed by atoms with E-state index in [1.807, 2.05) is 6.20 Å². The number of nitrogens with one attached hydrogen (secondary N) is 1. The second kappa shape index (κ2) is 7.88. The molecule has 134 valence electrons. The fraction of sp³-hybridized carbons (Fsp3) is 0.348. The Bertz CT molecular complexity index is 869. The summed E-state index contributed by atoms with van der Waals surface area (Å²) in [5.74, 6) is 0. The number of anilines is 1. The minimum atomic E-state index is 0.581. The van der Waals surface area contributed by atoms with Crippen molar-refractivity contribution >= 4 is 16.5 Å². The van der Waals surface area contributed by atoms with Gasteiger partial charge in [0.05, 0.1) is 5.69 Å². The lowest BCUT2D eigenvalue weighted by atomic mass is 10.0. The lowest BCUT2D eigenvalue weighted by Gasteiger charge is -2.36. The molecule has 0 bridgehead atoms. The third kappa shape index (κ3) is 3.45. The number of hydrogen-bond acceptors (Lipinski definition) is 3. The standard InChI is InChI=1S/C23H27N3/c1-2-3-9-19-17-26(16-15-24-19)22-12-7-6-11-21(22)23-20-10-5-4-8-18(20)13-14-25-23/h4-8,10-14,19,24H,2-3,9,15-17H2,1H3. The van der Waals surface area contributed by atoms with E-state index in [2.05, 4.69) is 71.7 Å². The topological polar surface area (TPSA) is 28.2 Å². The molecule has 2 aromatic carbocycles. The molecule has 0 aliphatic carbocycles. The molecule has 1 N–H and O–H groups in total. The van der Waals surface area contributed by atoms with Crippen LogP contribution in [0.5, 0.6) is 0 Å². The fourth-order valence-corrected chi connectivity index (χ4v) is 3.97. The van der Waals surface area contributed by atoms with Crippen LogP contribution in [-0.4, -0.2) is 30.7 Å². The van der Waals surface area contributed by atoms with Crippen molar-refractivity contribution in [1.82, 2.24) is 10.3 Å². The Morgan fingerprint density at radius 1 is 1.08 bits per heavy atom. The SMILES string of the molecule is CCCCC1CN(c2ccccc2-c2nccc3ccccc23)CCN1. The van der Waals surface area contributed by atoms with Crippen LogP contribution in [0.3, 0.4) is 0 Å². The van der Waals surface area contributed by atoms with E-state index in [1.54, 1.807) is 0 Å². The van der Waals surface area contributed by atoms with Gasteiger partial charge in [0.2, 0.25) is 0 Å². The number of hydrogen-bond donors (Lipinski definition) is 1. The van der Waals surface area contributed by atoms with Crippen LogP contribution in [0, 0.1) is 0 Å². The van der Waals surface area contributed by atoms with Crippen molar-refractivity contribution in [1.29, 1.82) is 0 Å². The van der Waals surface area contributed by atoms with Gasteiger partial charge >= 0.3 is 0 Å². The maximum Gasteiger partial charge on any atom is 0.0801 e. The van der Waals surface area contributed by atoms with Gasteiger partial charge in [-0.3, -0.25) is 4.98 Å². The molecule has 1 unspecified atom stereocenters. The first-order valence-electron chi connectivity index (χ1n) is 9.78. The van der Waals surface area contributed by atoms with Crippen molar-refractivity contribution in [2.45, 2.75) is 32.2 Å². The summed E-state index contributed by atoms with van der Waals surface area (Å²) in [6.45, 7) is 5.43. The van der Waals surface area contributed by atoms with Crippen LogP contribution in [0.1, 0.15) is 26.2 Å². The van der Waals surface area contributed by atoms with Crippen LogP contribution in [0.25, 0.3) is 22.0 Å². The van der Waals surface area contributed by atoms with Crippen LogP contribution < -0.4 is 10.2 Å². The molecule has 1 fully saturated rings. The number of unbranched alkanes of at least 4 members (excludes halogenated alkanes) is 1. The molecule has 3 aromatic rings. The third-order valence-electron chi connectivity index (χ3n) is 5.34. The van der Waals surface area contributed by atoms with Gasteiger partial charge in [-0.2, -0.15) is 0 Å². The Morgan fingerprint density at radius 3 is 2.85 bits per heavy atom. The molecule has 0 saturated carbocycles. The number of nitrogens with zero attached hydrogens (tertiary/aromatic N) is 2. The first-order chi connectivity index (χ1) is 12.9. The number of rotatable bonds is 5. The lowest BCUT2D eigenvalue weighted by molar-refractivity contribution is 0.423. The molecular formula is C23H27N3. The highest BCUT2D eigenvalue weighted by Crippen LogP contribution is 2.34. The molecule has 1 saturated heterocycles. The number of aromatic nitrogens is 1. The Balaban J connectivity index is 1.71. The zero-order chi connectivity index (χ0) is 17.8. The molecule has 4 rings (SSSR count). The number of fused-ring (bicyclic) bond motifs is 1. The van der Waals surface area contributed by atoms with E-state index in [9.17, 15) is 0 Å². The summed E-state index contributed by atoms with van der Waals surface area (Å²) >= 11 is 0. The second-order valence-corrected chi connectivity index (χ2v) is 7.14. The van der Waals surface area contributed by atoms with Crippen molar-refractivity contribution < 1.29 is 0 Å². The van der Waals surface area contributed by atoms with Gasteiger partial charge in [0, 0.05) is 48.5 Å². The Labute approximate surface area is 156 Å². The molecule has 3 heteroatoms. The molecular weight excluding hydrogens is 318 g/mol. The predicted molar refractivity (Wildman–Crippen MR) is 111 cm³/mol. The fourth-order valence-electron chi connectivity index (χ4n) is 3.97. The van der Waals surface area contributed by atoms with Crippen molar-refractivity contribution in [3.8, 4) is 11.3 Å². The van der Waals surface area contributed by atoms with Gasteiger partial charge in [0.25, 0.3) is 0 Å². The van der Waals surface area contributed by atoms with Gasteiger partial charge in [0.1, 0.15) is 0 Å². The maximum atomic E-state index is 4.76. The van der Waals surface area contributed by atoms with Gasteiger partial charge in [-0.05, 0) is 23.9 Å². The number of benzene rings is 2. The predicted octanol–water partition coefficient (Wildman–Crippen LogP) is 4.87. The summed E-state index contributed by atoms with van der Waals surface area (Å²) in [4.78, 5) is 7.30. The summed E-state index contributed by atoms with van der Waals surface area (Å²) in [6.07, 6.45) is 5.73. The summed E-state index contributed by atoms with van der Waals surface area (Å²) in [7, 11) is 0. The van der Waals surface area contributed by atoms with Crippen LogP contribution in [0.2, 0.25) is 0 Å². The van der Waals surface area contributed by atoms with Crippen LogP contribution >= 0.6 is 0 Å². The number of piperazine rings is 1. The zero-order valence-electron chi connectivity index (χ0n) is 15.5. The largest absolute Gasteiger partial charge is 0.368 e. The molecule has 0 radical (unpaired) electrons. The molecule has 1 aliphatic heterocycles. The minimum absolute atomic E-state index is 0.581. The molecule has 0 amide bonds. The first-order valence-corrected chi connectivity index (χ1v) is 9.78. The monoisotopic (exact) mass is 345 g/mol. The quantitative estimate of drug-likeness (QED) is 0.715. The Kier molecular flexibility index (Phi) is 5.16. The van der Waals surface area contributed by atoms with Crippen molar-refractivity contribution in [2.75, 3.05) is 24.5 Å². The average Bonchev–Trinajstić information content (AvgIpc) is 2.72. The minimum Gasteiger partial charge on any atom is -0.368 e. The molecule has 0 spiro atoms. The Hall–Kier alpha value is -2.39. The lowest BCUT2D eigenvalue weighted by Crippen LogP contribution is -2.50. The highest BCUT2D eigenvalue weighted by Gasteiger charge is 2.22. The number of para-hydroxylation sites is 1. The second-order valence-electron chi connectivity index (χ2n) is 7.14. The Morgan fingerprint density at radius 2 is 1.92 bits per heavy atom. The van der Waals surface area contributed by atoms with E-state index >= 15 is 0 Å². The summed E-state index contributed by atoms with van der Waals surface area (Å²) in [5, 5.41) is 6.15. The molecule has 2 heterocycles. The molecule has 1 aliphatic rings. The molecule has 3 nitrogen and oxygen atoms in total. The zero-order valence-corrected chi connectivity index (χ0v) is 15.5. The third-order valence-corrected chi connectivity index (χ3v) is 5.34. The smallest absolute Gasteiger partial charge is 0.0801 e. The van der Waals surface area contributed by atoms with Crippen molar-refractivity contribution in [3.63, 3.8) is 0 Å². The van der Waals surface area contributed by atoms with E-state index in [4.69, 9.17) is 4.98 Å². The van der Waals surface area contributed by atoms with Gasteiger partial charge in [0.15, 0.2) is 0 Å². The number of pyridine rings is 1. The van der Waals surface area contributed by atoms with E-state index in [0.717, 1.165) is 25.3 Å². The molecule has 26 heavy (non-hydrogen) atoms. The molecule has 1 atom stereocenters. The van der Waals surface area contributed by atoms with Crippen LogP contribution in [0.15, 0.2) is 60.8 Å². The van der Waals surface area contributed by atoms with E-state index < -0.39 is 0 Å². The highest BCUT2D eigenvalue weighted by molar-refractivity contribution is 5.97. The van der Waals surface area contributed by atoms with Crippen LogP contribution in [0.4, 0.5) is 5.69 Å². The highest BCUT2D eigenvalue weighted by atomic mass is 15.2. The van der Waals surface area contributed by atoms with Gasteiger partial charge in [-0.25, -0.2) is 0 Å². The van der Waals surface area contributed by atoms with E-state index in [1.165, 1.54) is 41.3 Å². The van der Waals surface area contributed by atoms with Crippen molar-refractivity contribution in [3.05, 3.63) is 60.8 Å². The normalized spacial score (nSPS) is 17.6. The van der Waals surface area contributed by atoms with Gasteiger partial charge in [-0.15, -0.1) is 0 Å². The van der Waals surface area contributed by atoms with Crippen molar-refractivity contribution in [2.24, 2.45) is 0 Å². The van der Waals surface area contributed by atoms with Crippen LogP contribution in [-0.2, 0) is 0 Å². The first kappa shape index (κ1) is 17.0. The van der Waals surface area contributed by atoms with Gasteiger partial charge in [-0.1, -0.05) is 62.2 Å². The van der Waals surface area contributed by atoms with E-state index in [-0.39, 0.29) is 0 Å².